The van der Waals surface area contributed by atoms with Crippen molar-refractivity contribution in [2.24, 2.45) is 5.92 Å². The Labute approximate surface area is 123 Å². The summed E-state index contributed by atoms with van der Waals surface area (Å²) < 4.78 is 0. The maximum Gasteiger partial charge on any atom is 0.320 e. The Morgan fingerprint density at radius 3 is 2.76 bits per heavy atom. The predicted octanol–water partition coefficient (Wildman–Crippen LogP) is 0.933. The number of hydrogen-bond acceptors (Lipinski definition) is 4. The first-order chi connectivity index (χ1) is 10.1. The first-order valence-electron chi connectivity index (χ1n) is 7.12. The summed E-state index contributed by atoms with van der Waals surface area (Å²) in [7, 11) is 1.74. The SMILES string of the molecule is CN(Cc1ncn[nH]1)C(=O)N1CCC(CCC(=O)O)CC1. The van der Waals surface area contributed by atoms with Crippen LogP contribution in [-0.4, -0.2) is 62.2 Å². The first-order valence-corrected chi connectivity index (χ1v) is 7.12. The van der Waals surface area contributed by atoms with Crippen LogP contribution in [0.5, 0.6) is 0 Å². The standard InChI is InChI=1S/C13H21N5O3/c1-17(8-11-14-9-15-16-11)13(21)18-6-4-10(5-7-18)2-3-12(19)20/h9-10H,2-8H2,1H3,(H,19,20)(H,14,15,16). The number of H-pyrrole nitrogens is 1. The number of carboxylic acids is 1. The van der Waals surface area contributed by atoms with E-state index in [0.717, 1.165) is 12.8 Å². The van der Waals surface area contributed by atoms with Crippen molar-refractivity contribution in [1.29, 1.82) is 0 Å². The minimum atomic E-state index is -0.750. The molecular weight excluding hydrogens is 274 g/mol. The fourth-order valence-electron chi connectivity index (χ4n) is 2.58. The molecule has 0 unspecified atom stereocenters. The number of carboxylic acid groups (broad SMARTS) is 1. The van der Waals surface area contributed by atoms with E-state index >= 15 is 0 Å². The molecule has 0 atom stereocenters. The van der Waals surface area contributed by atoms with Crippen LogP contribution in [-0.2, 0) is 11.3 Å². The van der Waals surface area contributed by atoms with Gasteiger partial charge >= 0.3 is 12.0 Å². The molecule has 0 aromatic carbocycles. The number of nitrogens with one attached hydrogen (secondary N) is 1. The molecule has 1 aliphatic rings. The van der Waals surface area contributed by atoms with Gasteiger partial charge in [0.25, 0.3) is 0 Å². The topological polar surface area (TPSA) is 102 Å². The van der Waals surface area contributed by atoms with Crippen molar-refractivity contribution in [1.82, 2.24) is 25.0 Å². The number of amides is 2. The number of aromatic amines is 1. The van der Waals surface area contributed by atoms with Crippen LogP contribution < -0.4 is 0 Å². The van der Waals surface area contributed by atoms with Gasteiger partial charge in [0.15, 0.2) is 0 Å². The third-order valence-corrected chi connectivity index (χ3v) is 3.83. The highest BCUT2D eigenvalue weighted by Crippen LogP contribution is 2.22. The fourth-order valence-corrected chi connectivity index (χ4v) is 2.58. The van der Waals surface area contributed by atoms with Gasteiger partial charge in [0, 0.05) is 26.6 Å². The fraction of sp³-hybridized carbons (Fsp3) is 0.692. The molecule has 1 aromatic rings. The number of carbonyl (C=O) groups excluding carboxylic acids is 1. The van der Waals surface area contributed by atoms with Crippen molar-refractivity contribution in [2.75, 3.05) is 20.1 Å². The van der Waals surface area contributed by atoms with Gasteiger partial charge in [0.1, 0.15) is 12.2 Å². The van der Waals surface area contributed by atoms with Crippen LogP contribution in [0.25, 0.3) is 0 Å². The number of carbonyl (C=O) groups is 2. The first kappa shape index (κ1) is 15.3. The van der Waals surface area contributed by atoms with E-state index in [1.165, 1.54) is 6.33 Å². The third-order valence-electron chi connectivity index (χ3n) is 3.83. The van der Waals surface area contributed by atoms with E-state index in [2.05, 4.69) is 15.2 Å². The number of piperidine rings is 1. The van der Waals surface area contributed by atoms with Crippen molar-refractivity contribution >= 4 is 12.0 Å². The molecule has 8 nitrogen and oxygen atoms in total. The van der Waals surface area contributed by atoms with Crippen LogP contribution in [0, 0.1) is 5.92 Å². The molecule has 2 heterocycles. The van der Waals surface area contributed by atoms with Gasteiger partial charge in [-0.1, -0.05) is 0 Å². The normalized spacial score (nSPS) is 16.0. The summed E-state index contributed by atoms with van der Waals surface area (Å²) in [4.78, 5) is 30.3. The van der Waals surface area contributed by atoms with Crippen LogP contribution in [0.1, 0.15) is 31.5 Å². The van der Waals surface area contributed by atoms with Gasteiger partial charge in [0.05, 0.1) is 6.54 Å². The average Bonchev–Trinajstić information content (AvgIpc) is 2.97. The lowest BCUT2D eigenvalue weighted by Crippen LogP contribution is -2.45. The van der Waals surface area contributed by atoms with E-state index < -0.39 is 5.97 Å². The van der Waals surface area contributed by atoms with Crippen LogP contribution in [0.2, 0.25) is 0 Å². The van der Waals surface area contributed by atoms with Crippen molar-refractivity contribution in [3.63, 3.8) is 0 Å². The summed E-state index contributed by atoms with van der Waals surface area (Å²) in [6, 6.07) is -0.0249. The van der Waals surface area contributed by atoms with Crippen LogP contribution in [0.15, 0.2) is 6.33 Å². The Hall–Kier alpha value is -2.12. The Bertz CT molecular complexity index is 468. The van der Waals surface area contributed by atoms with Gasteiger partial charge in [-0.3, -0.25) is 9.89 Å². The molecule has 0 radical (unpaired) electrons. The Morgan fingerprint density at radius 2 is 2.19 bits per heavy atom. The molecule has 0 spiro atoms. The Morgan fingerprint density at radius 1 is 1.48 bits per heavy atom. The highest BCUT2D eigenvalue weighted by molar-refractivity contribution is 5.74. The molecule has 21 heavy (non-hydrogen) atoms. The Kier molecular flexibility index (Phi) is 5.13. The maximum absolute atomic E-state index is 12.3. The lowest BCUT2D eigenvalue weighted by atomic mass is 9.92. The number of aliphatic carboxylic acids is 1. The molecule has 2 amide bonds. The van der Waals surface area contributed by atoms with Crippen LogP contribution in [0.3, 0.4) is 0 Å². The summed E-state index contributed by atoms with van der Waals surface area (Å²) in [6.45, 7) is 1.77. The minimum absolute atomic E-state index is 0.0249. The van der Waals surface area contributed by atoms with Crippen molar-refractivity contribution in [2.45, 2.75) is 32.2 Å². The van der Waals surface area contributed by atoms with Gasteiger partial charge in [-0.15, -0.1) is 0 Å². The number of urea groups is 1. The zero-order valence-electron chi connectivity index (χ0n) is 12.2. The Balaban J connectivity index is 1.76. The second-order valence-corrected chi connectivity index (χ2v) is 5.43. The van der Waals surface area contributed by atoms with E-state index in [-0.39, 0.29) is 12.5 Å². The summed E-state index contributed by atoms with van der Waals surface area (Å²) in [6.07, 6.45) is 4.07. The zero-order valence-corrected chi connectivity index (χ0v) is 12.2. The van der Waals surface area contributed by atoms with Gasteiger partial charge in [0.2, 0.25) is 0 Å². The van der Waals surface area contributed by atoms with Crippen molar-refractivity contribution in [3.8, 4) is 0 Å². The number of hydrogen-bond donors (Lipinski definition) is 2. The second-order valence-electron chi connectivity index (χ2n) is 5.43. The molecule has 0 aliphatic carbocycles. The quantitative estimate of drug-likeness (QED) is 0.841. The molecule has 8 heteroatoms. The lowest BCUT2D eigenvalue weighted by Gasteiger charge is -2.34. The lowest BCUT2D eigenvalue weighted by molar-refractivity contribution is -0.137. The van der Waals surface area contributed by atoms with Gasteiger partial charge in [-0.25, -0.2) is 9.78 Å². The monoisotopic (exact) mass is 295 g/mol. The molecular formula is C13H21N5O3. The average molecular weight is 295 g/mol. The van der Waals surface area contributed by atoms with Crippen LogP contribution >= 0.6 is 0 Å². The maximum atomic E-state index is 12.3. The molecule has 2 rings (SSSR count). The smallest absolute Gasteiger partial charge is 0.320 e. The van der Waals surface area contributed by atoms with E-state index in [1.807, 2.05) is 4.90 Å². The zero-order chi connectivity index (χ0) is 15.2. The molecule has 0 bridgehead atoms. The highest BCUT2D eigenvalue weighted by Gasteiger charge is 2.25. The number of rotatable bonds is 5. The van der Waals surface area contributed by atoms with Gasteiger partial charge in [-0.2, -0.15) is 5.10 Å². The largest absolute Gasteiger partial charge is 0.481 e. The molecule has 2 N–H and O–H groups in total. The van der Waals surface area contributed by atoms with E-state index in [0.29, 0.717) is 37.8 Å². The molecule has 1 fully saturated rings. The highest BCUT2D eigenvalue weighted by atomic mass is 16.4. The van der Waals surface area contributed by atoms with Crippen molar-refractivity contribution < 1.29 is 14.7 Å². The predicted molar refractivity (Wildman–Crippen MR) is 74.4 cm³/mol. The summed E-state index contributed by atoms with van der Waals surface area (Å²) in [5.74, 6) is 0.312. The third kappa shape index (κ3) is 4.44. The van der Waals surface area contributed by atoms with Crippen molar-refractivity contribution in [3.05, 3.63) is 12.2 Å². The van der Waals surface area contributed by atoms with Gasteiger partial charge in [-0.05, 0) is 25.2 Å². The number of aromatic nitrogens is 3. The molecule has 0 saturated carbocycles. The molecule has 116 valence electrons. The second kappa shape index (κ2) is 7.05. The minimum Gasteiger partial charge on any atom is -0.481 e. The summed E-state index contributed by atoms with van der Waals surface area (Å²) in [5.41, 5.74) is 0. The van der Waals surface area contributed by atoms with E-state index in [1.54, 1.807) is 11.9 Å². The summed E-state index contributed by atoms with van der Waals surface area (Å²) >= 11 is 0. The molecule has 1 aliphatic heterocycles. The number of nitrogens with zero attached hydrogens (tertiary/aromatic N) is 4. The van der Waals surface area contributed by atoms with Crippen LogP contribution in [0.4, 0.5) is 4.79 Å². The van der Waals surface area contributed by atoms with Gasteiger partial charge < -0.3 is 14.9 Å². The van der Waals surface area contributed by atoms with E-state index in [4.69, 9.17) is 5.11 Å². The molecule has 1 saturated heterocycles. The summed E-state index contributed by atoms with van der Waals surface area (Å²) in [5, 5.41) is 15.2. The van der Waals surface area contributed by atoms with E-state index in [9.17, 15) is 9.59 Å². The number of likely N-dealkylation sites (tertiary alicyclic amines) is 1. The molecule has 1 aromatic heterocycles.